The Morgan fingerprint density at radius 2 is 1.80 bits per heavy atom. The normalized spacial score (nSPS) is 11.8. The van der Waals surface area contributed by atoms with Crippen molar-refractivity contribution in [2.75, 3.05) is 13.3 Å². The van der Waals surface area contributed by atoms with Crippen LogP contribution in [0.2, 0.25) is 0 Å². The fraction of sp³-hybridized carbons (Fsp3) is 0.353. The molecule has 0 aliphatic carbocycles. The van der Waals surface area contributed by atoms with Gasteiger partial charge >= 0.3 is 0 Å². The smallest absolute Gasteiger partial charge is 0.191 e. The molecule has 0 aliphatic rings. The molecule has 25 heavy (non-hydrogen) atoms. The molecule has 0 saturated carbocycles. The molecule has 8 heteroatoms. The number of halogens is 1. The molecule has 0 spiro atoms. The van der Waals surface area contributed by atoms with Crippen molar-refractivity contribution in [3.05, 3.63) is 51.2 Å². The molecule has 0 bridgehead atoms. The van der Waals surface area contributed by atoms with Crippen molar-refractivity contribution in [1.82, 2.24) is 10.6 Å². The van der Waals surface area contributed by atoms with Gasteiger partial charge in [0.1, 0.15) is 0 Å². The first-order valence-corrected chi connectivity index (χ1v) is 10.4. The van der Waals surface area contributed by atoms with Crippen molar-refractivity contribution in [3.63, 3.8) is 0 Å². The van der Waals surface area contributed by atoms with Gasteiger partial charge in [-0.2, -0.15) is 0 Å². The van der Waals surface area contributed by atoms with Crippen LogP contribution in [-0.2, 0) is 22.9 Å². The Labute approximate surface area is 170 Å². The Balaban J connectivity index is 0.00000312. The standard InChI is InChI=1S/C17H23N3O2S2.HI/c1-12-7-8-23-15(12)11-20-17(18-3)19-10-14-5-6-16(13(2)9-14)24(4,21)22;/h5-9H,10-11H2,1-4H3,(H2,18,19,20);1H. The maximum Gasteiger partial charge on any atom is 0.191 e. The fourth-order valence-electron chi connectivity index (χ4n) is 2.39. The number of sulfone groups is 1. The van der Waals surface area contributed by atoms with E-state index in [0.717, 1.165) is 17.7 Å². The molecule has 138 valence electrons. The Bertz CT molecular complexity index is 845. The van der Waals surface area contributed by atoms with Gasteiger partial charge in [-0.05, 0) is 48.1 Å². The summed E-state index contributed by atoms with van der Waals surface area (Å²) in [6.07, 6.45) is 1.23. The predicted molar refractivity (Wildman–Crippen MR) is 116 cm³/mol. The monoisotopic (exact) mass is 493 g/mol. The number of hydrogen-bond donors (Lipinski definition) is 2. The lowest BCUT2D eigenvalue weighted by molar-refractivity contribution is 0.601. The van der Waals surface area contributed by atoms with E-state index in [1.54, 1.807) is 24.5 Å². The predicted octanol–water partition coefficient (Wildman–Crippen LogP) is 3.25. The Hall–Kier alpha value is -1.13. The first kappa shape index (κ1) is 21.9. The molecular formula is C17H24IN3O2S2. The SMILES string of the molecule is CN=C(NCc1ccc(S(C)(=O)=O)c(C)c1)NCc1sccc1C.I. The topological polar surface area (TPSA) is 70.6 Å². The lowest BCUT2D eigenvalue weighted by Crippen LogP contribution is -2.36. The molecule has 0 unspecified atom stereocenters. The van der Waals surface area contributed by atoms with Crippen LogP contribution in [0, 0.1) is 13.8 Å². The Morgan fingerprint density at radius 1 is 1.12 bits per heavy atom. The van der Waals surface area contributed by atoms with E-state index in [-0.39, 0.29) is 24.0 Å². The van der Waals surface area contributed by atoms with Crippen LogP contribution < -0.4 is 10.6 Å². The third-order valence-electron chi connectivity index (χ3n) is 3.71. The maximum atomic E-state index is 11.7. The zero-order chi connectivity index (χ0) is 17.7. The molecule has 0 radical (unpaired) electrons. The van der Waals surface area contributed by atoms with E-state index >= 15 is 0 Å². The van der Waals surface area contributed by atoms with E-state index in [1.807, 2.05) is 19.1 Å². The molecule has 2 aromatic rings. The molecule has 1 heterocycles. The highest BCUT2D eigenvalue weighted by Crippen LogP contribution is 2.17. The molecule has 0 aliphatic heterocycles. The van der Waals surface area contributed by atoms with Gasteiger partial charge < -0.3 is 10.6 Å². The summed E-state index contributed by atoms with van der Waals surface area (Å²) in [7, 11) is -1.45. The maximum absolute atomic E-state index is 11.7. The van der Waals surface area contributed by atoms with Gasteiger partial charge in [0.05, 0.1) is 11.4 Å². The van der Waals surface area contributed by atoms with Crippen molar-refractivity contribution < 1.29 is 8.42 Å². The highest BCUT2D eigenvalue weighted by atomic mass is 127. The largest absolute Gasteiger partial charge is 0.352 e. The second-order valence-corrected chi connectivity index (χ2v) is 8.66. The number of hydrogen-bond acceptors (Lipinski definition) is 4. The van der Waals surface area contributed by atoms with Gasteiger partial charge in [-0.25, -0.2) is 8.42 Å². The average molecular weight is 493 g/mol. The van der Waals surface area contributed by atoms with Gasteiger partial charge in [0, 0.05) is 24.7 Å². The number of nitrogens with one attached hydrogen (secondary N) is 2. The molecular weight excluding hydrogens is 469 g/mol. The summed E-state index contributed by atoms with van der Waals surface area (Å²) in [5.74, 6) is 0.715. The van der Waals surface area contributed by atoms with Gasteiger partial charge in [-0.3, -0.25) is 4.99 Å². The van der Waals surface area contributed by atoms with Crippen LogP contribution in [0.25, 0.3) is 0 Å². The van der Waals surface area contributed by atoms with E-state index in [9.17, 15) is 8.42 Å². The van der Waals surface area contributed by atoms with Crippen molar-refractivity contribution in [2.45, 2.75) is 31.8 Å². The van der Waals surface area contributed by atoms with Crippen LogP contribution in [0.1, 0.15) is 21.6 Å². The van der Waals surface area contributed by atoms with Crippen LogP contribution in [0.3, 0.4) is 0 Å². The summed E-state index contributed by atoms with van der Waals surface area (Å²) >= 11 is 1.72. The molecule has 0 fully saturated rings. The van der Waals surface area contributed by atoms with Gasteiger partial charge in [-0.15, -0.1) is 35.3 Å². The van der Waals surface area contributed by atoms with Crippen LogP contribution >= 0.6 is 35.3 Å². The highest BCUT2D eigenvalue weighted by Gasteiger charge is 2.11. The lowest BCUT2D eigenvalue weighted by Gasteiger charge is -2.13. The number of aliphatic imine (C=N–C) groups is 1. The van der Waals surface area contributed by atoms with Gasteiger partial charge in [0.25, 0.3) is 0 Å². The summed E-state index contributed by atoms with van der Waals surface area (Å²) in [5.41, 5.74) is 3.04. The minimum absolute atomic E-state index is 0. The zero-order valence-corrected chi connectivity index (χ0v) is 18.8. The van der Waals surface area contributed by atoms with E-state index < -0.39 is 9.84 Å². The van der Waals surface area contributed by atoms with E-state index in [0.29, 0.717) is 17.4 Å². The van der Waals surface area contributed by atoms with Crippen molar-refractivity contribution in [1.29, 1.82) is 0 Å². The fourth-order valence-corrected chi connectivity index (χ4v) is 4.20. The third-order valence-corrected chi connectivity index (χ3v) is 5.99. The number of rotatable bonds is 5. The number of nitrogens with zero attached hydrogens (tertiary/aromatic N) is 1. The average Bonchev–Trinajstić information content (AvgIpc) is 2.91. The molecule has 0 saturated heterocycles. The molecule has 2 N–H and O–H groups in total. The van der Waals surface area contributed by atoms with Crippen LogP contribution in [0.15, 0.2) is 39.5 Å². The number of benzene rings is 1. The van der Waals surface area contributed by atoms with Crippen LogP contribution in [0.5, 0.6) is 0 Å². The quantitative estimate of drug-likeness (QED) is 0.381. The summed E-state index contributed by atoms with van der Waals surface area (Å²) in [6.45, 7) is 5.21. The van der Waals surface area contributed by atoms with Crippen molar-refractivity contribution in [3.8, 4) is 0 Å². The highest BCUT2D eigenvalue weighted by molar-refractivity contribution is 14.0. The Morgan fingerprint density at radius 3 is 2.32 bits per heavy atom. The van der Waals surface area contributed by atoms with E-state index in [4.69, 9.17) is 0 Å². The Kier molecular flexibility index (Phi) is 8.36. The van der Waals surface area contributed by atoms with Crippen LogP contribution in [-0.4, -0.2) is 27.7 Å². The third kappa shape index (κ3) is 6.27. The van der Waals surface area contributed by atoms with Crippen LogP contribution in [0.4, 0.5) is 0 Å². The summed E-state index contributed by atoms with van der Waals surface area (Å²) < 4.78 is 23.3. The van der Waals surface area contributed by atoms with Gasteiger partial charge in [0.15, 0.2) is 15.8 Å². The molecule has 5 nitrogen and oxygen atoms in total. The van der Waals surface area contributed by atoms with E-state index in [2.05, 4.69) is 34.0 Å². The molecule has 0 atom stereocenters. The zero-order valence-electron chi connectivity index (χ0n) is 14.8. The van der Waals surface area contributed by atoms with Crippen molar-refractivity contribution in [2.24, 2.45) is 4.99 Å². The van der Waals surface area contributed by atoms with E-state index in [1.165, 1.54) is 16.7 Å². The first-order valence-electron chi connectivity index (χ1n) is 7.58. The molecule has 1 aromatic carbocycles. The first-order chi connectivity index (χ1) is 11.3. The summed E-state index contributed by atoms with van der Waals surface area (Å²) in [4.78, 5) is 5.88. The number of thiophene rings is 1. The summed E-state index contributed by atoms with van der Waals surface area (Å²) in [6, 6.07) is 7.48. The lowest BCUT2D eigenvalue weighted by atomic mass is 10.1. The number of aryl methyl sites for hydroxylation is 2. The van der Waals surface area contributed by atoms with Gasteiger partial charge in [0.2, 0.25) is 0 Å². The van der Waals surface area contributed by atoms with Gasteiger partial charge in [-0.1, -0.05) is 12.1 Å². The summed E-state index contributed by atoms with van der Waals surface area (Å²) in [5, 5.41) is 8.61. The molecule has 2 rings (SSSR count). The second kappa shape index (κ2) is 9.54. The minimum atomic E-state index is -3.18. The van der Waals surface area contributed by atoms with Crippen molar-refractivity contribution >= 4 is 51.1 Å². The molecule has 1 aromatic heterocycles. The minimum Gasteiger partial charge on any atom is -0.352 e. The second-order valence-electron chi connectivity index (χ2n) is 5.68. The molecule has 0 amide bonds. The number of guanidine groups is 1.